The minimum atomic E-state index is -0.368. The summed E-state index contributed by atoms with van der Waals surface area (Å²) in [7, 11) is 0. The van der Waals surface area contributed by atoms with Crippen LogP contribution >= 0.6 is 0 Å². The topological polar surface area (TPSA) is 104 Å². The van der Waals surface area contributed by atoms with Gasteiger partial charge in [-0.15, -0.1) is 0 Å². The number of oxazole rings is 1. The van der Waals surface area contributed by atoms with Crippen molar-refractivity contribution in [3.05, 3.63) is 88.4 Å². The maximum Gasteiger partial charge on any atom is 0.266 e. The molecule has 1 aliphatic carbocycles. The van der Waals surface area contributed by atoms with Crippen LogP contribution in [-0.4, -0.2) is 10.8 Å². The fourth-order valence-electron chi connectivity index (χ4n) is 3.53. The normalized spacial score (nSPS) is 14.0. The van der Waals surface area contributed by atoms with Gasteiger partial charge in [0.15, 0.2) is 11.4 Å². The van der Waals surface area contributed by atoms with Crippen LogP contribution in [0.1, 0.15) is 21.7 Å². The van der Waals surface area contributed by atoms with Gasteiger partial charge in [-0.2, -0.15) is 15.5 Å². The van der Waals surface area contributed by atoms with Gasteiger partial charge in [-0.1, -0.05) is 24.3 Å². The van der Waals surface area contributed by atoms with Crippen LogP contribution in [-0.2, 0) is 0 Å². The zero-order valence-electron chi connectivity index (χ0n) is 15.7. The molecule has 0 amide bonds. The van der Waals surface area contributed by atoms with Gasteiger partial charge in [0.05, 0.1) is 0 Å². The maximum atomic E-state index is 13.1. The van der Waals surface area contributed by atoms with Crippen molar-refractivity contribution >= 4 is 28.7 Å². The van der Waals surface area contributed by atoms with Crippen molar-refractivity contribution < 1.29 is 18.0 Å². The molecule has 0 aliphatic heterocycles. The lowest BCUT2D eigenvalue weighted by molar-refractivity contribution is 0.104. The smallest absolute Gasteiger partial charge is 0.266 e. The first-order valence-corrected chi connectivity index (χ1v) is 9.16. The van der Waals surface area contributed by atoms with Crippen molar-refractivity contribution in [1.82, 2.24) is 4.98 Å². The lowest BCUT2D eigenvalue weighted by Gasteiger charge is -2.00. The van der Waals surface area contributed by atoms with E-state index < -0.39 is 0 Å². The van der Waals surface area contributed by atoms with Crippen LogP contribution in [0.15, 0.2) is 74.6 Å². The lowest BCUT2D eigenvalue weighted by Crippen LogP contribution is -1.95. The molecule has 1 aliphatic rings. The van der Waals surface area contributed by atoms with Gasteiger partial charge >= 0.3 is 0 Å². The zero-order valence-corrected chi connectivity index (χ0v) is 15.7. The number of ketones is 1. The largest absolute Gasteiger partial charge is 0.436 e. The highest BCUT2D eigenvalue weighted by Crippen LogP contribution is 2.40. The summed E-state index contributed by atoms with van der Waals surface area (Å²) in [6.07, 6.45) is 1.47. The second kappa shape index (κ2) is 6.94. The molecule has 31 heavy (non-hydrogen) atoms. The summed E-state index contributed by atoms with van der Waals surface area (Å²) < 4.78 is 24.5. The van der Waals surface area contributed by atoms with Crippen LogP contribution in [0.25, 0.3) is 34.4 Å². The Bertz CT molecular complexity index is 1480. The number of aromatic nitrogens is 1. The van der Waals surface area contributed by atoms with Crippen LogP contribution in [0.5, 0.6) is 0 Å². The van der Waals surface area contributed by atoms with Crippen molar-refractivity contribution in [2.75, 3.05) is 0 Å². The molecule has 0 unspecified atom stereocenters. The van der Waals surface area contributed by atoms with Gasteiger partial charge in [0, 0.05) is 28.3 Å². The maximum absolute atomic E-state index is 13.1. The third-order valence-corrected chi connectivity index (χ3v) is 4.91. The molecule has 146 valence electrons. The van der Waals surface area contributed by atoms with Gasteiger partial charge in [-0.3, -0.25) is 4.79 Å². The second-order valence-electron chi connectivity index (χ2n) is 6.75. The fourth-order valence-corrected chi connectivity index (χ4v) is 3.53. The first kappa shape index (κ1) is 18.3. The molecule has 2 heterocycles. The van der Waals surface area contributed by atoms with Crippen molar-refractivity contribution in [3.63, 3.8) is 0 Å². The van der Waals surface area contributed by atoms with E-state index in [1.165, 1.54) is 18.2 Å². The Morgan fingerprint density at radius 1 is 1.00 bits per heavy atom. The fraction of sp³-hybridized carbons (Fsp3) is 0. The van der Waals surface area contributed by atoms with E-state index in [4.69, 9.17) is 8.83 Å². The number of nitriles is 2. The first-order chi connectivity index (χ1) is 15.1. The summed E-state index contributed by atoms with van der Waals surface area (Å²) >= 11 is 0. The van der Waals surface area contributed by atoms with Gasteiger partial charge in [-0.25, -0.2) is 4.39 Å². The van der Waals surface area contributed by atoms with E-state index in [1.54, 1.807) is 42.5 Å². The Labute approximate surface area is 174 Å². The second-order valence-corrected chi connectivity index (χ2v) is 6.75. The predicted molar refractivity (Wildman–Crippen MR) is 109 cm³/mol. The molecule has 2 aromatic heterocycles. The van der Waals surface area contributed by atoms with Crippen LogP contribution in [0, 0.1) is 28.5 Å². The van der Waals surface area contributed by atoms with Gasteiger partial charge in [0.2, 0.25) is 5.89 Å². The molecule has 2 aromatic carbocycles. The van der Waals surface area contributed by atoms with Crippen LogP contribution in [0.2, 0.25) is 0 Å². The molecule has 0 N–H and O–H groups in total. The van der Waals surface area contributed by atoms with E-state index >= 15 is 0 Å². The van der Waals surface area contributed by atoms with E-state index in [0.717, 1.165) is 0 Å². The van der Waals surface area contributed by atoms with Crippen LogP contribution in [0.4, 0.5) is 4.39 Å². The molecule has 0 saturated carbocycles. The third kappa shape index (κ3) is 2.93. The number of carbonyl (C=O) groups excluding carboxylic acids is 1. The Morgan fingerprint density at radius 2 is 1.71 bits per heavy atom. The number of halogens is 1. The summed E-state index contributed by atoms with van der Waals surface area (Å²) in [5, 5.41) is 18.8. The number of hydrogen-bond acceptors (Lipinski definition) is 6. The van der Waals surface area contributed by atoms with E-state index in [1.807, 2.05) is 12.1 Å². The van der Waals surface area contributed by atoms with Crippen molar-refractivity contribution in [1.29, 1.82) is 10.5 Å². The van der Waals surface area contributed by atoms with Crippen molar-refractivity contribution in [2.45, 2.75) is 0 Å². The number of Topliss-reactive ketones (excluding diaryl/α,β-unsaturated/α-hetero) is 1. The lowest BCUT2D eigenvalue weighted by atomic mass is 9.99. The van der Waals surface area contributed by atoms with Crippen LogP contribution in [0.3, 0.4) is 0 Å². The number of benzene rings is 2. The molecule has 7 heteroatoms. The van der Waals surface area contributed by atoms with E-state index in [-0.39, 0.29) is 45.7 Å². The number of allylic oxidation sites excluding steroid dienone is 3. The molecule has 0 radical (unpaired) electrons. The van der Waals surface area contributed by atoms with Gasteiger partial charge in [-0.05, 0) is 35.9 Å². The molecular formula is C24H10FN3O3. The summed E-state index contributed by atoms with van der Waals surface area (Å²) in [6.45, 7) is 0. The number of furan rings is 1. The Hall–Kier alpha value is -4.75. The molecule has 4 aromatic rings. The molecule has 0 fully saturated rings. The standard InChI is InChI=1S/C24H10FN3O3/c25-15-7-5-13(6-8-15)23-28-24-20(31-23)10-16(30-24)9-19-21(14(11-26)12-27)17-3-1-2-4-18(17)22(19)29/h1-10H/b19-9-. The predicted octanol–water partition coefficient (Wildman–Crippen LogP) is 5.31. The minimum absolute atomic E-state index is 0.156. The Morgan fingerprint density at radius 3 is 2.39 bits per heavy atom. The Balaban J connectivity index is 1.60. The van der Waals surface area contributed by atoms with Gasteiger partial charge in [0.25, 0.3) is 5.71 Å². The van der Waals surface area contributed by atoms with E-state index in [2.05, 4.69) is 4.98 Å². The molecule has 0 atom stereocenters. The number of fused-ring (bicyclic) bond motifs is 2. The number of rotatable bonds is 2. The monoisotopic (exact) mass is 407 g/mol. The average molecular weight is 407 g/mol. The van der Waals surface area contributed by atoms with Crippen molar-refractivity contribution in [2.24, 2.45) is 0 Å². The van der Waals surface area contributed by atoms with E-state index in [0.29, 0.717) is 22.3 Å². The molecule has 5 rings (SSSR count). The summed E-state index contributed by atoms with van der Waals surface area (Å²) in [6, 6.07) is 17.8. The molecule has 0 spiro atoms. The number of hydrogen-bond donors (Lipinski definition) is 0. The first-order valence-electron chi connectivity index (χ1n) is 9.16. The molecule has 0 saturated heterocycles. The van der Waals surface area contributed by atoms with Gasteiger partial charge < -0.3 is 8.83 Å². The quantitative estimate of drug-likeness (QED) is 0.330. The third-order valence-electron chi connectivity index (χ3n) is 4.91. The minimum Gasteiger partial charge on any atom is -0.436 e. The highest BCUT2D eigenvalue weighted by molar-refractivity contribution is 6.29. The zero-order chi connectivity index (χ0) is 21.5. The van der Waals surface area contributed by atoms with E-state index in [9.17, 15) is 19.7 Å². The highest BCUT2D eigenvalue weighted by Gasteiger charge is 2.32. The summed E-state index contributed by atoms with van der Waals surface area (Å²) in [5.74, 6) is -0.111. The number of carbonyl (C=O) groups is 1. The number of nitrogens with zero attached hydrogens (tertiary/aromatic N) is 3. The SMILES string of the molecule is N#CC(C#N)=C1/C(=C/c2cc3oc(-c4ccc(F)cc4)nc3o2)C(=O)c2ccccc21. The van der Waals surface area contributed by atoms with Crippen molar-refractivity contribution in [3.8, 4) is 23.6 Å². The summed E-state index contributed by atoms with van der Waals surface area (Å²) in [4.78, 5) is 17.2. The Kier molecular flexibility index (Phi) is 4.10. The molecule has 6 nitrogen and oxygen atoms in total. The van der Waals surface area contributed by atoms with Gasteiger partial charge in [0.1, 0.15) is 29.3 Å². The summed E-state index contributed by atoms with van der Waals surface area (Å²) in [5.41, 5.74) is 2.40. The molecular weight excluding hydrogens is 397 g/mol. The molecule has 0 bridgehead atoms. The average Bonchev–Trinajstić information content (AvgIpc) is 3.42. The van der Waals surface area contributed by atoms with Crippen LogP contribution < -0.4 is 0 Å². The highest BCUT2D eigenvalue weighted by atomic mass is 19.1.